The third-order valence-corrected chi connectivity index (χ3v) is 7.61. The van der Waals surface area contributed by atoms with Crippen LogP contribution in [0.5, 0.6) is 0 Å². The molecule has 0 spiro atoms. The molecule has 1 heterocycles. The SMILES string of the molecule is Cc1ccc([N+](=O)[O-])cc1N1C(N)=C(C#N)[C@H](c2ccc(Br)cc2)C2=C1C[C@@H](c1ccccc1)CC2=O. The third-order valence-electron chi connectivity index (χ3n) is 7.09. The first-order valence-electron chi connectivity index (χ1n) is 11.8. The van der Waals surface area contributed by atoms with Gasteiger partial charge in [-0.2, -0.15) is 5.26 Å². The molecule has 0 amide bonds. The molecule has 0 aromatic heterocycles. The van der Waals surface area contributed by atoms with Gasteiger partial charge in [0.15, 0.2) is 5.78 Å². The normalized spacial score (nSPS) is 19.5. The van der Waals surface area contributed by atoms with E-state index < -0.39 is 10.8 Å². The smallest absolute Gasteiger partial charge is 0.271 e. The molecule has 0 radical (unpaired) electrons. The molecule has 37 heavy (non-hydrogen) atoms. The van der Waals surface area contributed by atoms with Crippen LogP contribution in [-0.2, 0) is 4.79 Å². The zero-order valence-corrected chi connectivity index (χ0v) is 21.6. The standard InChI is InChI=1S/C29H23BrN4O3/c1-17-7-12-22(34(36)37)15-24(17)33-25-13-20(18-5-3-2-4-6-18)14-26(35)28(25)27(23(16-31)29(33)32)19-8-10-21(30)11-9-19/h2-12,15,20,27H,13-14,32H2,1H3/t20-,27+/m1/s1. The highest BCUT2D eigenvalue weighted by Gasteiger charge is 2.43. The number of nitrogens with zero attached hydrogens (tertiary/aromatic N) is 3. The van der Waals surface area contributed by atoms with Gasteiger partial charge in [0.05, 0.1) is 28.2 Å². The first kappa shape index (κ1) is 24.5. The van der Waals surface area contributed by atoms with Crippen LogP contribution >= 0.6 is 15.9 Å². The topological polar surface area (TPSA) is 113 Å². The maximum Gasteiger partial charge on any atom is 0.271 e. The Morgan fingerprint density at radius 2 is 1.76 bits per heavy atom. The number of aryl methyl sites for hydroxylation is 1. The third kappa shape index (κ3) is 4.32. The summed E-state index contributed by atoms with van der Waals surface area (Å²) in [4.78, 5) is 26.7. The van der Waals surface area contributed by atoms with Crippen molar-refractivity contribution < 1.29 is 9.72 Å². The molecule has 0 fully saturated rings. The van der Waals surface area contributed by atoms with E-state index in [0.717, 1.165) is 21.2 Å². The fourth-order valence-corrected chi connectivity index (χ4v) is 5.57. The van der Waals surface area contributed by atoms with Crippen molar-refractivity contribution in [2.24, 2.45) is 5.73 Å². The molecule has 1 aliphatic heterocycles. The molecule has 0 saturated carbocycles. The van der Waals surface area contributed by atoms with E-state index in [4.69, 9.17) is 5.73 Å². The monoisotopic (exact) mass is 554 g/mol. The second kappa shape index (κ2) is 9.68. The highest BCUT2D eigenvalue weighted by atomic mass is 79.9. The van der Waals surface area contributed by atoms with Gasteiger partial charge in [-0.15, -0.1) is 0 Å². The quantitative estimate of drug-likeness (QED) is 0.296. The van der Waals surface area contributed by atoms with Crippen LogP contribution in [0.2, 0.25) is 0 Å². The summed E-state index contributed by atoms with van der Waals surface area (Å²) in [6.45, 7) is 1.83. The van der Waals surface area contributed by atoms with Gasteiger partial charge in [-0.1, -0.05) is 64.5 Å². The molecule has 5 rings (SSSR count). The van der Waals surface area contributed by atoms with E-state index in [1.54, 1.807) is 11.0 Å². The molecule has 184 valence electrons. The van der Waals surface area contributed by atoms with Gasteiger partial charge in [0.1, 0.15) is 5.82 Å². The van der Waals surface area contributed by atoms with E-state index in [1.807, 2.05) is 61.5 Å². The predicted molar refractivity (Wildman–Crippen MR) is 144 cm³/mol. The van der Waals surface area contributed by atoms with Gasteiger partial charge in [0, 0.05) is 34.3 Å². The maximum atomic E-state index is 13.9. The Morgan fingerprint density at radius 3 is 2.41 bits per heavy atom. The molecule has 0 saturated heterocycles. The number of carbonyl (C=O) groups is 1. The number of halogens is 1. The Labute approximate surface area is 222 Å². The highest BCUT2D eigenvalue weighted by Crippen LogP contribution is 2.50. The fourth-order valence-electron chi connectivity index (χ4n) is 5.31. The van der Waals surface area contributed by atoms with Crippen molar-refractivity contribution in [2.45, 2.75) is 31.6 Å². The highest BCUT2D eigenvalue weighted by molar-refractivity contribution is 9.10. The number of carbonyl (C=O) groups excluding carboxylic acids is 1. The maximum absolute atomic E-state index is 13.9. The zero-order chi connectivity index (χ0) is 26.3. The van der Waals surface area contributed by atoms with E-state index >= 15 is 0 Å². The molecule has 0 unspecified atom stereocenters. The van der Waals surface area contributed by atoms with E-state index in [2.05, 4.69) is 22.0 Å². The average molecular weight is 555 g/mol. The number of non-ortho nitro benzene ring substituents is 1. The minimum Gasteiger partial charge on any atom is -0.384 e. The van der Waals surface area contributed by atoms with Crippen LogP contribution in [0.3, 0.4) is 0 Å². The zero-order valence-electron chi connectivity index (χ0n) is 20.0. The summed E-state index contributed by atoms with van der Waals surface area (Å²) in [7, 11) is 0. The molecule has 2 N–H and O–H groups in total. The van der Waals surface area contributed by atoms with Gasteiger partial charge < -0.3 is 5.73 Å². The molecule has 3 aromatic rings. The number of nitro benzene ring substituents is 1. The second-order valence-corrected chi connectivity index (χ2v) is 10.2. The van der Waals surface area contributed by atoms with Crippen molar-refractivity contribution >= 4 is 33.1 Å². The Balaban J connectivity index is 1.76. The summed E-state index contributed by atoms with van der Waals surface area (Å²) in [5.74, 6) is -0.584. The largest absolute Gasteiger partial charge is 0.384 e. The minimum atomic E-state index is -0.618. The number of nitrogens with two attached hydrogens (primary N) is 1. The number of anilines is 1. The van der Waals surface area contributed by atoms with Gasteiger partial charge in [-0.25, -0.2) is 0 Å². The van der Waals surface area contributed by atoms with E-state index in [-0.39, 0.29) is 28.8 Å². The Morgan fingerprint density at radius 1 is 1.05 bits per heavy atom. The second-order valence-electron chi connectivity index (χ2n) is 9.26. The van der Waals surface area contributed by atoms with Gasteiger partial charge in [-0.05, 0) is 48.1 Å². The van der Waals surface area contributed by atoms with Crippen molar-refractivity contribution in [2.75, 3.05) is 4.90 Å². The van der Waals surface area contributed by atoms with Crippen molar-refractivity contribution in [3.8, 4) is 6.07 Å². The lowest BCUT2D eigenvalue weighted by atomic mass is 9.72. The summed E-state index contributed by atoms with van der Waals surface area (Å²) in [5, 5.41) is 21.9. The van der Waals surface area contributed by atoms with Gasteiger partial charge in [-0.3, -0.25) is 19.8 Å². The lowest BCUT2D eigenvalue weighted by molar-refractivity contribution is -0.384. The van der Waals surface area contributed by atoms with Crippen LogP contribution in [0.25, 0.3) is 0 Å². The summed E-state index contributed by atoms with van der Waals surface area (Å²) in [6, 6.07) is 24.1. The van der Waals surface area contributed by atoms with Crippen molar-refractivity contribution in [3.63, 3.8) is 0 Å². The molecule has 2 atom stereocenters. The van der Waals surface area contributed by atoms with Crippen LogP contribution < -0.4 is 10.6 Å². The summed E-state index contributed by atoms with van der Waals surface area (Å²) >= 11 is 3.45. The molecule has 7 nitrogen and oxygen atoms in total. The molecular formula is C29H23BrN4O3. The predicted octanol–water partition coefficient (Wildman–Crippen LogP) is 6.36. The summed E-state index contributed by atoms with van der Waals surface area (Å²) in [5.41, 5.74) is 11.1. The average Bonchev–Trinajstić information content (AvgIpc) is 2.89. The summed E-state index contributed by atoms with van der Waals surface area (Å²) in [6.07, 6.45) is 0.801. The van der Waals surface area contributed by atoms with Gasteiger partial charge in [0.2, 0.25) is 0 Å². The Hall–Kier alpha value is -4.22. The number of nitro groups is 1. The number of nitriles is 1. The molecule has 3 aromatic carbocycles. The van der Waals surface area contributed by atoms with Crippen LogP contribution in [0, 0.1) is 28.4 Å². The number of Topliss-reactive ketones (excluding diaryl/α,β-unsaturated/α-hetero) is 1. The van der Waals surface area contributed by atoms with Gasteiger partial charge >= 0.3 is 0 Å². The van der Waals surface area contributed by atoms with Crippen LogP contribution in [-0.4, -0.2) is 10.7 Å². The molecule has 2 aliphatic rings. The number of benzene rings is 3. The number of ketones is 1. The number of hydrogen-bond acceptors (Lipinski definition) is 6. The molecule has 1 aliphatic carbocycles. The van der Waals surface area contributed by atoms with Crippen LogP contribution in [0.1, 0.15) is 41.4 Å². The lowest BCUT2D eigenvalue weighted by Crippen LogP contribution is -2.40. The van der Waals surface area contributed by atoms with E-state index in [1.165, 1.54) is 12.1 Å². The minimum absolute atomic E-state index is 0.0589. The summed E-state index contributed by atoms with van der Waals surface area (Å²) < 4.78 is 0.879. The number of hydrogen-bond donors (Lipinski definition) is 1. The van der Waals surface area contributed by atoms with Crippen LogP contribution in [0.15, 0.2) is 99.9 Å². The van der Waals surface area contributed by atoms with E-state index in [0.29, 0.717) is 29.8 Å². The Kier molecular flexibility index (Phi) is 6.40. The molecule has 8 heteroatoms. The van der Waals surface area contributed by atoms with Crippen molar-refractivity contribution in [3.05, 3.63) is 127 Å². The number of allylic oxidation sites excluding steroid dienone is 3. The van der Waals surface area contributed by atoms with Crippen molar-refractivity contribution in [1.82, 2.24) is 0 Å². The van der Waals surface area contributed by atoms with E-state index in [9.17, 15) is 20.2 Å². The number of rotatable bonds is 4. The van der Waals surface area contributed by atoms with Crippen LogP contribution in [0.4, 0.5) is 11.4 Å². The van der Waals surface area contributed by atoms with Crippen molar-refractivity contribution in [1.29, 1.82) is 5.26 Å². The molecular weight excluding hydrogens is 532 g/mol. The Bertz CT molecular complexity index is 1520. The first-order chi connectivity index (χ1) is 17.8. The first-order valence-corrected chi connectivity index (χ1v) is 12.6. The lowest BCUT2D eigenvalue weighted by Gasteiger charge is -2.42. The fraction of sp³-hybridized carbons (Fsp3) is 0.172. The molecule has 0 bridgehead atoms. The van der Waals surface area contributed by atoms with Gasteiger partial charge in [0.25, 0.3) is 5.69 Å².